The topological polar surface area (TPSA) is 27.3 Å². The van der Waals surface area contributed by atoms with E-state index in [1.807, 2.05) is 59.0 Å². The van der Waals surface area contributed by atoms with Gasteiger partial charge in [0, 0.05) is 38.8 Å². The molecule has 136 valence electrons. The molecule has 0 saturated carbocycles. The lowest BCUT2D eigenvalue weighted by Crippen LogP contribution is -2.47. The highest BCUT2D eigenvalue weighted by Crippen LogP contribution is 2.05. The Hall–Kier alpha value is -0.900. The van der Waals surface area contributed by atoms with Crippen LogP contribution in [0.5, 0.6) is 0 Å². The molecule has 0 amide bonds. The van der Waals surface area contributed by atoms with Gasteiger partial charge in [0.15, 0.2) is 0 Å². The van der Waals surface area contributed by atoms with Crippen LogP contribution in [0.3, 0.4) is 0 Å². The van der Waals surface area contributed by atoms with Crippen molar-refractivity contribution in [3.8, 4) is 0 Å². The van der Waals surface area contributed by atoms with Crippen molar-refractivity contribution in [1.82, 2.24) is 15.5 Å². The number of rotatable bonds is 6. The third kappa shape index (κ3) is 14.4. The van der Waals surface area contributed by atoms with E-state index in [9.17, 15) is 0 Å². The lowest BCUT2D eigenvalue weighted by atomic mass is 10.0. The van der Waals surface area contributed by atoms with Crippen molar-refractivity contribution in [2.45, 2.75) is 47.6 Å². The highest BCUT2D eigenvalue weighted by Gasteiger charge is 2.16. The second-order valence-electron chi connectivity index (χ2n) is 5.75. The van der Waals surface area contributed by atoms with Crippen molar-refractivity contribution in [3.05, 3.63) is 36.5 Å². The van der Waals surface area contributed by atoms with Gasteiger partial charge >= 0.3 is 0 Å². The fraction of sp³-hybridized carbons (Fsp3) is 0.700. The van der Waals surface area contributed by atoms with Crippen LogP contribution in [-0.4, -0.2) is 50.7 Å². The molecule has 0 radical (unpaired) electrons. The van der Waals surface area contributed by atoms with E-state index in [1.54, 1.807) is 0 Å². The zero-order chi connectivity index (χ0) is 18.1. The van der Waals surface area contributed by atoms with Gasteiger partial charge in [-0.1, -0.05) is 57.2 Å². The van der Waals surface area contributed by atoms with Crippen LogP contribution in [0.25, 0.3) is 0 Å². The molecule has 0 aromatic carbocycles. The second kappa shape index (κ2) is 17.5. The summed E-state index contributed by atoms with van der Waals surface area (Å²) in [6.07, 6.45) is 7.84. The molecule has 1 fully saturated rings. The standard InChI is InChI=1S/C10H23N3.C8H12.C2H6/c1-9(10(2)11-3)8-13-6-4-12-5-7-13;1-4-6-7-8(3)5-2;1-2/h9-12H,4-8H2,1-3H3;4-7H,2H2,1,3H3;1-2H3/b;6-4-,8-7-;. The van der Waals surface area contributed by atoms with E-state index in [0.717, 1.165) is 19.0 Å². The van der Waals surface area contributed by atoms with E-state index in [2.05, 4.69) is 36.0 Å². The van der Waals surface area contributed by atoms with Crippen LogP contribution in [-0.2, 0) is 0 Å². The summed E-state index contributed by atoms with van der Waals surface area (Å²) in [7, 11) is 2.04. The Morgan fingerprint density at radius 3 is 2.26 bits per heavy atom. The van der Waals surface area contributed by atoms with Gasteiger partial charge in [0.25, 0.3) is 0 Å². The molecule has 3 nitrogen and oxygen atoms in total. The summed E-state index contributed by atoms with van der Waals surface area (Å²) in [4.78, 5) is 2.55. The van der Waals surface area contributed by atoms with Crippen molar-refractivity contribution in [1.29, 1.82) is 0 Å². The molecule has 2 unspecified atom stereocenters. The number of hydrogen-bond donors (Lipinski definition) is 2. The smallest absolute Gasteiger partial charge is 0.0107 e. The molecular weight excluding hydrogens is 282 g/mol. The summed E-state index contributed by atoms with van der Waals surface area (Å²) in [5.41, 5.74) is 1.20. The predicted molar refractivity (Wildman–Crippen MR) is 107 cm³/mol. The molecule has 2 N–H and O–H groups in total. The first-order valence-electron chi connectivity index (χ1n) is 9.07. The van der Waals surface area contributed by atoms with Crippen molar-refractivity contribution in [2.75, 3.05) is 39.8 Å². The van der Waals surface area contributed by atoms with Crippen LogP contribution in [0.4, 0.5) is 0 Å². The first-order valence-corrected chi connectivity index (χ1v) is 9.07. The van der Waals surface area contributed by atoms with E-state index >= 15 is 0 Å². The quantitative estimate of drug-likeness (QED) is 0.727. The van der Waals surface area contributed by atoms with Crippen LogP contribution >= 0.6 is 0 Å². The first-order chi connectivity index (χ1) is 11.0. The average molecular weight is 324 g/mol. The molecule has 3 heteroatoms. The van der Waals surface area contributed by atoms with E-state index in [4.69, 9.17) is 0 Å². The fourth-order valence-electron chi connectivity index (χ4n) is 2.06. The molecular formula is C20H41N3. The molecule has 0 aromatic heterocycles. The molecule has 1 rings (SSSR count). The third-order valence-electron chi connectivity index (χ3n) is 3.94. The van der Waals surface area contributed by atoms with E-state index < -0.39 is 0 Å². The summed E-state index contributed by atoms with van der Waals surface area (Å²) in [5, 5.41) is 6.69. The van der Waals surface area contributed by atoms with Gasteiger partial charge in [0.2, 0.25) is 0 Å². The Bertz CT molecular complexity index is 315. The van der Waals surface area contributed by atoms with Crippen molar-refractivity contribution in [3.63, 3.8) is 0 Å². The average Bonchev–Trinajstić information content (AvgIpc) is 2.61. The lowest BCUT2D eigenvalue weighted by Gasteiger charge is -2.31. The van der Waals surface area contributed by atoms with E-state index in [1.165, 1.54) is 25.2 Å². The summed E-state index contributed by atoms with van der Waals surface area (Å²) < 4.78 is 0. The summed E-state index contributed by atoms with van der Waals surface area (Å²) in [6, 6.07) is 0.620. The minimum absolute atomic E-state index is 0.620. The Labute approximate surface area is 145 Å². The number of nitrogens with zero attached hydrogens (tertiary/aromatic N) is 1. The molecule has 2 atom stereocenters. The maximum Gasteiger partial charge on any atom is 0.0107 e. The van der Waals surface area contributed by atoms with Crippen LogP contribution in [0.1, 0.15) is 41.5 Å². The van der Waals surface area contributed by atoms with Gasteiger partial charge in [-0.05, 0) is 33.7 Å². The van der Waals surface area contributed by atoms with Crippen LogP contribution in [0, 0.1) is 5.92 Å². The van der Waals surface area contributed by atoms with Crippen LogP contribution in [0.15, 0.2) is 36.5 Å². The molecule has 1 saturated heterocycles. The highest BCUT2D eigenvalue weighted by atomic mass is 15.2. The van der Waals surface area contributed by atoms with Crippen LogP contribution < -0.4 is 10.6 Å². The normalized spacial score (nSPS) is 18.3. The maximum atomic E-state index is 3.61. The third-order valence-corrected chi connectivity index (χ3v) is 3.94. The zero-order valence-corrected chi connectivity index (χ0v) is 16.7. The van der Waals surface area contributed by atoms with Gasteiger partial charge < -0.3 is 15.5 Å². The van der Waals surface area contributed by atoms with Crippen LogP contribution in [0.2, 0.25) is 0 Å². The van der Waals surface area contributed by atoms with Gasteiger partial charge in [-0.3, -0.25) is 0 Å². The monoisotopic (exact) mass is 323 g/mol. The Balaban J connectivity index is 0. The van der Waals surface area contributed by atoms with Gasteiger partial charge in [-0.2, -0.15) is 0 Å². The number of nitrogens with one attached hydrogen (secondary N) is 2. The molecule has 1 aliphatic heterocycles. The second-order valence-corrected chi connectivity index (χ2v) is 5.75. The minimum Gasteiger partial charge on any atom is -0.317 e. The molecule has 0 aromatic rings. The van der Waals surface area contributed by atoms with Crippen molar-refractivity contribution in [2.24, 2.45) is 5.92 Å². The molecule has 1 heterocycles. The molecule has 1 aliphatic rings. The van der Waals surface area contributed by atoms with E-state index in [-0.39, 0.29) is 0 Å². The number of hydrogen-bond acceptors (Lipinski definition) is 3. The maximum absolute atomic E-state index is 3.61. The molecule has 23 heavy (non-hydrogen) atoms. The van der Waals surface area contributed by atoms with Gasteiger partial charge in [-0.25, -0.2) is 0 Å². The summed E-state index contributed by atoms with van der Waals surface area (Å²) in [5.74, 6) is 0.739. The molecule has 0 bridgehead atoms. The predicted octanol–water partition coefficient (Wildman–Crippen LogP) is 3.86. The van der Waals surface area contributed by atoms with Gasteiger partial charge in [0.1, 0.15) is 0 Å². The fourth-order valence-corrected chi connectivity index (χ4v) is 2.06. The van der Waals surface area contributed by atoms with Crippen molar-refractivity contribution >= 4 is 0 Å². The van der Waals surface area contributed by atoms with Gasteiger partial charge in [0.05, 0.1) is 0 Å². The van der Waals surface area contributed by atoms with Gasteiger partial charge in [-0.15, -0.1) is 0 Å². The Morgan fingerprint density at radius 1 is 1.26 bits per heavy atom. The summed E-state index contributed by atoms with van der Waals surface area (Å²) in [6.45, 7) is 22.2. The lowest BCUT2D eigenvalue weighted by molar-refractivity contribution is 0.196. The zero-order valence-electron chi connectivity index (χ0n) is 16.7. The summed E-state index contributed by atoms with van der Waals surface area (Å²) >= 11 is 0. The highest BCUT2D eigenvalue weighted by molar-refractivity contribution is 5.18. The first kappa shape index (κ1) is 24.4. The number of allylic oxidation sites excluding steroid dienone is 5. The number of piperazine rings is 1. The SMILES string of the molecule is C=C/C(C)=C\C=C/C.CC.CNC(C)C(C)CN1CCNCC1. The molecule has 0 spiro atoms. The Kier molecular flexibility index (Phi) is 18.5. The minimum atomic E-state index is 0.620. The van der Waals surface area contributed by atoms with E-state index in [0.29, 0.717) is 6.04 Å². The largest absolute Gasteiger partial charge is 0.317 e. The van der Waals surface area contributed by atoms with Crippen molar-refractivity contribution < 1.29 is 0 Å². The molecule has 0 aliphatic carbocycles. The Morgan fingerprint density at radius 2 is 1.83 bits per heavy atom.